The van der Waals surface area contributed by atoms with E-state index in [1.54, 1.807) is 0 Å². The van der Waals surface area contributed by atoms with Crippen molar-refractivity contribution in [3.05, 3.63) is 145 Å². The fraction of sp³-hybridized carbons (Fsp3) is 0.0312. The highest BCUT2D eigenvalue weighted by molar-refractivity contribution is 6.01. The number of anilines is 6. The molecular weight excluding hydrogens is 456 g/mol. The van der Waals surface area contributed by atoms with Gasteiger partial charge in [0.25, 0.3) is 0 Å². The van der Waals surface area contributed by atoms with Gasteiger partial charge in [0.05, 0.1) is 22.7 Å². The summed E-state index contributed by atoms with van der Waals surface area (Å²) >= 11 is 0. The van der Waals surface area contributed by atoms with Gasteiger partial charge in [0.15, 0.2) is 0 Å². The van der Waals surface area contributed by atoms with Crippen LogP contribution in [-0.2, 0) is 4.74 Å². The minimum Gasteiger partial charge on any atom is -0.446 e. The second-order valence-corrected chi connectivity index (χ2v) is 8.99. The van der Waals surface area contributed by atoms with Crippen LogP contribution in [0.3, 0.4) is 0 Å². The third-order valence-corrected chi connectivity index (χ3v) is 6.73. The molecule has 0 spiro atoms. The van der Waals surface area contributed by atoms with Crippen LogP contribution in [0.2, 0.25) is 0 Å². The molecule has 5 heteroatoms. The second kappa shape index (κ2) is 8.88. The lowest BCUT2D eigenvalue weighted by molar-refractivity contribution is 0.192. The molecule has 0 bridgehead atoms. The first-order valence-corrected chi connectivity index (χ1v) is 12.4. The Labute approximate surface area is 215 Å². The van der Waals surface area contributed by atoms with Gasteiger partial charge in [-0.15, -0.1) is 5.10 Å². The quantitative estimate of drug-likeness (QED) is 0.278. The van der Waals surface area contributed by atoms with Crippen molar-refractivity contribution in [2.75, 3.05) is 9.80 Å². The van der Waals surface area contributed by atoms with E-state index in [1.165, 1.54) is 0 Å². The molecule has 2 aliphatic rings. The first-order chi connectivity index (χ1) is 18.4. The van der Waals surface area contributed by atoms with Gasteiger partial charge in [-0.25, -0.2) is 0 Å². The lowest BCUT2D eigenvalue weighted by Gasteiger charge is -2.40. The molecule has 0 saturated heterocycles. The molecule has 5 aromatic carbocycles. The molecule has 1 N–H and O–H groups in total. The summed E-state index contributed by atoms with van der Waals surface area (Å²) in [5, 5.41) is 4.40. The topological polar surface area (TPSA) is 40.1 Å². The van der Waals surface area contributed by atoms with E-state index in [0.29, 0.717) is 5.90 Å². The molecule has 0 radical (unpaired) electrons. The summed E-state index contributed by atoms with van der Waals surface area (Å²) in [5.74, 6) is 0.606. The zero-order valence-corrected chi connectivity index (χ0v) is 20.0. The van der Waals surface area contributed by atoms with Gasteiger partial charge < -0.3 is 14.5 Å². The van der Waals surface area contributed by atoms with Gasteiger partial charge in [-0.2, -0.15) is 0 Å². The number of hydrogen-bond acceptors (Lipinski definition) is 5. The van der Waals surface area contributed by atoms with E-state index in [0.717, 1.165) is 45.3 Å². The number of rotatable bonds is 4. The van der Waals surface area contributed by atoms with Crippen LogP contribution in [0.4, 0.5) is 34.1 Å². The maximum atomic E-state index is 6.11. The van der Waals surface area contributed by atoms with Crippen molar-refractivity contribution in [3.8, 4) is 0 Å². The van der Waals surface area contributed by atoms with E-state index < -0.39 is 0 Å². The first kappa shape index (κ1) is 21.3. The van der Waals surface area contributed by atoms with E-state index >= 15 is 0 Å². The summed E-state index contributed by atoms with van der Waals surface area (Å²) < 4.78 is 6.11. The molecule has 7 rings (SSSR count). The van der Waals surface area contributed by atoms with Gasteiger partial charge in [-0.05, 0) is 60.7 Å². The minimum atomic E-state index is -0.321. The summed E-state index contributed by atoms with van der Waals surface area (Å²) in [6, 6.07) is 46.0. The summed E-state index contributed by atoms with van der Waals surface area (Å²) in [5.41, 5.74) is 11.8. The van der Waals surface area contributed by atoms with Gasteiger partial charge >= 0.3 is 0 Å². The Morgan fingerprint density at radius 3 is 1.51 bits per heavy atom. The van der Waals surface area contributed by atoms with Crippen molar-refractivity contribution in [2.45, 2.75) is 6.23 Å². The number of fused-ring (bicyclic) bond motifs is 2. The van der Waals surface area contributed by atoms with Crippen LogP contribution in [0.1, 0.15) is 17.4 Å². The summed E-state index contributed by atoms with van der Waals surface area (Å²) in [4.78, 5) is 4.65. The molecule has 0 saturated carbocycles. The van der Waals surface area contributed by atoms with Crippen LogP contribution in [0.5, 0.6) is 0 Å². The van der Waals surface area contributed by atoms with Gasteiger partial charge in [0.2, 0.25) is 12.1 Å². The Morgan fingerprint density at radius 1 is 0.514 bits per heavy atom. The van der Waals surface area contributed by atoms with E-state index in [1.807, 2.05) is 30.3 Å². The number of benzene rings is 5. The molecule has 0 amide bonds. The molecule has 0 aliphatic carbocycles. The van der Waals surface area contributed by atoms with Crippen LogP contribution >= 0.6 is 0 Å². The zero-order chi connectivity index (χ0) is 24.6. The fourth-order valence-corrected chi connectivity index (χ4v) is 5.01. The Balaban J connectivity index is 1.24. The molecule has 2 heterocycles. The predicted molar refractivity (Wildman–Crippen MR) is 149 cm³/mol. The summed E-state index contributed by atoms with van der Waals surface area (Å²) in [7, 11) is 0. The average molecular weight is 481 g/mol. The van der Waals surface area contributed by atoms with Gasteiger partial charge in [0, 0.05) is 22.5 Å². The largest absolute Gasteiger partial charge is 0.446 e. The van der Waals surface area contributed by atoms with Gasteiger partial charge in [0.1, 0.15) is 0 Å². The number of hydrazone groups is 1. The average Bonchev–Trinajstić information content (AvgIpc) is 3.47. The molecule has 2 aliphatic heterocycles. The normalized spacial score (nSPS) is 15.8. The SMILES string of the molecule is c1ccc(C2=NNC(c3ccc(N4c5ccccc5N(c5ccccc5)c5ccccc54)cc3)O2)cc1. The van der Waals surface area contributed by atoms with Crippen LogP contribution < -0.4 is 15.2 Å². The van der Waals surface area contributed by atoms with Crippen molar-refractivity contribution in [1.29, 1.82) is 0 Å². The second-order valence-electron chi connectivity index (χ2n) is 8.99. The van der Waals surface area contributed by atoms with Crippen LogP contribution in [0, 0.1) is 0 Å². The summed E-state index contributed by atoms with van der Waals surface area (Å²) in [6.07, 6.45) is -0.321. The molecule has 5 aromatic rings. The van der Waals surface area contributed by atoms with E-state index in [4.69, 9.17) is 4.74 Å². The molecule has 0 fully saturated rings. The standard InChI is InChI=1S/C32H24N4O/c1-3-11-23(12-4-1)31-33-34-32(37-31)24-19-21-26(22-20-24)36-29-17-9-7-15-27(29)35(25-13-5-2-6-14-25)28-16-8-10-18-30(28)36/h1-22,32,34H. The molecule has 0 aromatic heterocycles. The lowest BCUT2D eigenvalue weighted by Crippen LogP contribution is -2.23. The van der Waals surface area contributed by atoms with E-state index in [2.05, 4.69) is 123 Å². The molecule has 37 heavy (non-hydrogen) atoms. The molecule has 5 nitrogen and oxygen atoms in total. The Bertz CT molecular complexity index is 1540. The van der Waals surface area contributed by atoms with Crippen molar-refractivity contribution >= 4 is 40.0 Å². The number of para-hydroxylation sites is 5. The number of nitrogens with zero attached hydrogens (tertiary/aromatic N) is 3. The Hall–Kier alpha value is -5.03. The fourth-order valence-electron chi connectivity index (χ4n) is 5.01. The highest BCUT2D eigenvalue weighted by Crippen LogP contribution is 2.53. The smallest absolute Gasteiger partial charge is 0.240 e. The van der Waals surface area contributed by atoms with Crippen molar-refractivity contribution in [2.24, 2.45) is 5.10 Å². The van der Waals surface area contributed by atoms with Crippen LogP contribution in [0.15, 0.2) is 139 Å². The van der Waals surface area contributed by atoms with Crippen LogP contribution in [0.25, 0.3) is 0 Å². The Morgan fingerprint density at radius 2 is 0.973 bits per heavy atom. The highest BCUT2D eigenvalue weighted by Gasteiger charge is 2.30. The monoisotopic (exact) mass is 480 g/mol. The number of hydrogen-bond donors (Lipinski definition) is 1. The maximum Gasteiger partial charge on any atom is 0.240 e. The molecule has 178 valence electrons. The van der Waals surface area contributed by atoms with E-state index in [-0.39, 0.29) is 6.23 Å². The highest BCUT2D eigenvalue weighted by atomic mass is 16.5. The minimum absolute atomic E-state index is 0.321. The lowest BCUT2D eigenvalue weighted by atomic mass is 10.0. The maximum absolute atomic E-state index is 6.11. The van der Waals surface area contributed by atoms with Gasteiger partial charge in [-0.3, -0.25) is 5.43 Å². The predicted octanol–water partition coefficient (Wildman–Crippen LogP) is 7.92. The van der Waals surface area contributed by atoms with E-state index in [9.17, 15) is 0 Å². The van der Waals surface area contributed by atoms with Crippen LogP contribution in [-0.4, -0.2) is 5.90 Å². The number of ether oxygens (including phenoxy) is 1. The van der Waals surface area contributed by atoms with Crippen molar-refractivity contribution in [3.63, 3.8) is 0 Å². The molecular formula is C32H24N4O. The third-order valence-electron chi connectivity index (χ3n) is 6.73. The van der Waals surface area contributed by atoms with Gasteiger partial charge in [-0.1, -0.05) is 72.8 Å². The third kappa shape index (κ3) is 3.69. The van der Waals surface area contributed by atoms with Crippen molar-refractivity contribution in [1.82, 2.24) is 5.43 Å². The Kier molecular flexibility index (Phi) is 5.10. The molecule has 1 atom stereocenters. The number of nitrogens with one attached hydrogen (secondary N) is 1. The summed E-state index contributed by atoms with van der Waals surface area (Å²) in [6.45, 7) is 0. The molecule has 1 unspecified atom stereocenters. The van der Waals surface area contributed by atoms with Crippen molar-refractivity contribution < 1.29 is 4.74 Å². The zero-order valence-electron chi connectivity index (χ0n) is 20.0. The first-order valence-electron chi connectivity index (χ1n) is 12.4.